The zero-order valence-electron chi connectivity index (χ0n) is 11.1. The molecule has 2 heterocycles. The third kappa shape index (κ3) is 2.85. The van der Waals surface area contributed by atoms with Gasteiger partial charge in [0.15, 0.2) is 6.04 Å². The Balaban J connectivity index is 2.13. The van der Waals surface area contributed by atoms with E-state index in [1.54, 1.807) is 38.6 Å². The van der Waals surface area contributed by atoms with Crippen LogP contribution in [0.2, 0.25) is 0 Å². The fourth-order valence-electron chi connectivity index (χ4n) is 1.77. The van der Waals surface area contributed by atoms with Gasteiger partial charge in [-0.2, -0.15) is 10.2 Å². The Hall–Kier alpha value is -2.64. The molecule has 2 unspecified atom stereocenters. The largest absolute Gasteiger partial charge is 0.479 e. The van der Waals surface area contributed by atoms with Gasteiger partial charge in [-0.15, -0.1) is 0 Å². The molecular weight excluding hydrogens is 262 g/mol. The summed E-state index contributed by atoms with van der Waals surface area (Å²) in [5, 5.41) is 19.6. The van der Waals surface area contributed by atoms with Crippen molar-refractivity contribution in [3.63, 3.8) is 0 Å². The molecule has 0 fully saturated rings. The van der Waals surface area contributed by atoms with Crippen LogP contribution in [0.4, 0.5) is 0 Å². The summed E-state index contributed by atoms with van der Waals surface area (Å²) in [4.78, 5) is 23.4. The third-order valence-corrected chi connectivity index (χ3v) is 2.89. The molecule has 2 N–H and O–H groups in total. The van der Waals surface area contributed by atoms with E-state index in [2.05, 4.69) is 15.5 Å². The number of nitrogens with zero attached hydrogens (tertiary/aromatic N) is 4. The number of amides is 1. The summed E-state index contributed by atoms with van der Waals surface area (Å²) in [5.41, 5.74) is 0.418. The number of carboxylic acids is 1. The summed E-state index contributed by atoms with van der Waals surface area (Å²) in [6, 6.07) is -0.0303. The van der Waals surface area contributed by atoms with Gasteiger partial charge in [-0.05, 0) is 13.0 Å². The van der Waals surface area contributed by atoms with Gasteiger partial charge in [0.1, 0.15) is 6.04 Å². The zero-order chi connectivity index (χ0) is 14.7. The van der Waals surface area contributed by atoms with Gasteiger partial charge >= 0.3 is 5.97 Å². The van der Waals surface area contributed by atoms with Crippen molar-refractivity contribution in [2.75, 3.05) is 0 Å². The number of aryl methyl sites for hydroxylation is 1. The van der Waals surface area contributed by atoms with Crippen LogP contribution in [-0.2, 0) is 16.6 Å². The normalized spacial score (nSPS) is 13.7. The first-order chi connectivity index (χ1) is 9.49. The summed E-state index contributed by atoms with van der Waals surface area (Å²) in [6.07, 6.45) is 6.17. The Morgan fingerprint density at radius 1 is 1.40 bits per heavy atom. The highest BCUT2D eigenvalue weighted by Gasteiger charge is 2.26. The van der Waals surface area contributed by atoms with Gasteiger partial charge in [0, 0.05) is 31.2 Å². The number of carbonyl (C=O) groups excluding carboxylic acids is 1. The lowest BCUT2D eigenvalue weighted by Crippen LogP contribution is -2.37. The average Bonchev–Trinajstić information content (AvgIpc) is 3.05. The lowest BCUT2D eigenvalue weighted by atomic mass is 10.1. The summed E-state index contributed by atoms with van der Waals surface area (Å²) in [6.45, 7) is 1.64. The van der Waals surface area contributed by atoms with Crippen LogP contribution in [0.5, 0.6) is 0 Å². The van der Waals surface area contributed by atoms with Gasteiger partial charge < -0.3 is 10.4 Å². The number of aliphatic carboxylic acids is 1. The number of aromatic nitrogens is 4. The molecule has 0 saturated heterocycles. The minimum atomic E-state index is -1.14. The van der Waals surface area contributed by atoms with E-state index in [4.69, 9.17) is 0 Å². The molecule has 0 spiro atoms. The Morgan fingerprint density at radius 2 is 2.15 bits per heavy atom. The zero-order valence-corrected chi connectivity index (χ0v) is 11.1. The summed E-state index contributed by atoms with van der Waals surface area (Å²) in [7, 11) is 1.68. The van der Waals surface area contributed by atoms with Crippen molar-refractivity contribution in [1.29, 1.82) is 0 Å². The minimum Gasteiger partial charge on any atom is -0.479 e. The fraction of sp³-hybridized carbons (Fsp3) is 0.333. The SMILES string of the molecule is CC(C(=O)NC(C(=O)O)c1cnn(C)c1)n1cccn1. The van der Waals surface area contributed by atoms with Gasteiger partial charge in [0.25, 0.3) is 0 Å². The highest BCUT2D eigenvalue weighted by molar-refractivity contribution is 5.86. The number of hydrogen-bond acceptors (Lipinski definition) is 4. The monoisotopic (exact) mass is 277 g/mol. The van der Waals surface area contributed by atoms with Gasteiger partial charge in [-0.25, -0.2) is 4.79 Å². The molecule has 2 aromatic heterocycles. The van der Waals surface area contributed by atoms with Crippen molar-refractivity contribution in [3.05, 3.63) is 36.4 Å². The number of carbonyl (C=O) groups is 2. The highest BCUT2D eigenvalue weighted by atomic mass is 16.4. The quantitative estimate of drug-likeness (QED) is 0.808. The van der Waals surface area contributed by atoms with E-state index in [1.807, 2.05) is 0 Å². The van der Waals surface area contributed by atoms with Crippen molar-refractivity contribution >= 4 is 11.9 Å². The van der Waals surface area contributed by atoms with Crippen LogP contribution in [0.15, 0.2) is 30.9 Å². The first kappa shape index (κ1) is 13.8. The first-order valence-electron chi connectivity index (χ1n) is 6.00. The molecule has 0 aliphatic carbocycles. The summed E-state index contributed by atoms with van der Waals surface area (Å²) in [5.74, 6) is -1.57. The van der Waals surface area contributed by atoms with Crippen LogP contribution in [0.1, 0.15) is 24.6 Å². The number of carboxylic acid groups (broad SMARTS) is 1. The lowest BCUT2D eigenvalue weighted by Gasteiger charge is -2.17. The predicted molar refractivity (Wildman–Crippen MR) is 68.7 cm³/mol. The Bertz CT molecular complexity index is 604. The van der Waals surface area contributed by atoms with Gasteiger partial charge in [0.05, 0.1) is 6.20 Å². The second-order valence-electron chi connectivity index (χ2n) is 4.39. The van der Waals surface area contributed by atoms with E-state index in [0.29, 0.717) is 5.56 Å². The summed E-state index contributed by atoms with van der Waals surface area (Å²) >= 11 is 0. The molecule has 8 heteroatoms. The third-order valence-electron chi connectivity index (χ3n) is 2.89. The molecule has 0 aromatic carbocycles. The molecule has 2 aromatic rings. The average molecular weight is 277 g/mol. The maximum Gasteiger partial charge on any atom is 0.331 e. The van der Waals surface area contributed by atoms with Gasteiger partial charge in [-0.3, -0.25) is 14.2 Å². The van der Waals surface area contributed by atoms with E-state index in [-0.39, 0.29) is 0 Å². The smallest absolute Gasteiger partial charge is 0.331 e. The van der Waals surface area contributed by atoms with E-state index < -0.39 is 24.0 Å². The Labute approximate surface area is 115 Å². The van der Waals surface area contributed by atoms with Crippen LogP contribution in [0.3, 0.4) is 0 Å². The van der Waals surface area contributed by atoms with E-state index in [1.165, 1.54) is 15.6 Å². The lowest BCUT2D eigenvalue weighted by molar-refractivity contribution is -0.142. The molecule has 20 heavy (non-hydrogen) atoms. The Morgan fingerprint density at radius 3 is 2.65 bits per heavy atom. The van der Waals surface area contributed by atoms with E-state index in [0.717, 1.165) is 0 Å². The minimum absolute atomic E-state index is 0.418. The van der Waals surface area contributed by atoms with Crippen LogP contribution >= 0.6 is 0 Å². The molecule has 2 rings (SSSR count). The molecule has 8 nitrogen and oxygen atoms in total. The van der Waals surface area contributed by atoms with Crippen LogP contribution in [0.25, 0.3) is 0 Å². The van der Waals surface area contributed by atoms with E-state index >= 15 is 0 Å². The van der Waals surface area contributed by atoms with Gasteiger partial charge in [-0.1, -0.05) is 0 Å². The van der Waals surface area contributed by atoms with Crippen LogP contribution < -0.4 is 5.32 Å². The van der Waals surface area contributed by atoms with Crippen molar-refractivity contribution < 1.29 is 14.7 Å². The van der Waals surface area contributed by atoms with Crippen molar-refractivity contribution in [2.45, 2.75) is 19.0 Å². The number of nitrogens with one attached hydrogen (secondary N) is 1. The topological polar surface area (TPSA) is 102 Å². The molecule has 2 atom stereocenters. The molecule has 106 valence electrons. The fourth-order valence-corrected chi connectivity index (χ4v) is 1.77. The maximum absolute atomic E-state index is 12.1. The highest BCUT2D eigenvalue weighted by Crippen LogP contribution is 2.14. The number of rotatable bonds is 5. The molecule has 0 saturated carbocycles. The predicted octanol–water partition coefficient (Wildman–Crippen LogP) is 0.120. The van der Waals surface area contributed by atoms with Crippen molar-refractivity contribution in [2.24, 2.45) is 7.05 Å². The molecule has 0 aliphatic rings. The second-order valence-corrected chi connectivity index (χ2v) is 4.39. The second kappa shape index (κ2) is 5.55. The standard InChI is InChI=1S/C12H15N5O3/c1-8(17-5-3-4-13-17)11(18)15-10(12(19)20)9-6-14-16(2)7-9/h3-8,10H,1-2H3,(H,15,18)(H,19,20). The molecular formula is C12H15N5O3. The molecule has 0 radical (unpaired) electrons. The van der Waals surface area contributed by atoms with E-state index in [9.17, 15) is 14.7 Å². The van der Waals surface area contributed by atoms with Crippen LogP contribution in [-0.4, -0.2) is 36.5 Å². The maximum atomic E-state index is 12.1. The molecule has 1 amide bonds. The Kier molecular flexibility index (Phi) is 3.83. The molecule has 0 aliphatic heterocycles. The van der Waals surface area contributed by atoms with Crippen molar-refractivity contribution in [1.82, 2.24) is 24.9 Å². The van der Waals surface area contributed by atoms with Crippen molar-refractivity contribution in [3.8, 4) is 0 Å². The summed E-state index contributed by atoms with van der Waals surface area (Å²) < 4.78 is 2.94. The first-order valence-corrected chi connectivity index (χ1v) is 6.00. The number of hydrogen-bond donors (Lipinski definition) is 2. The van der Waals surface area contributed by atoms with Gasteiger partial charge in [0.2, 0.25) is 5.91 Å². The van der Waals surface area contributed by atoms with Crippen LogP contribution in [0, 0.1) is 0 Å². The molecule has 0 bridgehead atoms.